The van der Waals surface area contributed by atoms with E-state index in [4.69, 9.17) is 10.2 Å². The Morgan fingerprint density at radius 2 is 1.89 bits per heavy atom. The number of hydrogen-bond acceptors (Lipinski definition) is 4. The van der Waals surface area contributed by atoms with Gasteiger partial charge in [-0.3, -0.25) is 4.90 Å². The molecule has 4 nitrogen and oxygen atoms in total. The predicted molar refractivity (Wildman–Crippen MR) is 80.1 cm³/mol. The third-order valence-electron chi connectivity index (χ3n) is 4.15. The third kappa shape index (κ3) is 3.85. The van der Waals surface area contributed by atoms with Crippen LogP contribution in [0.25, 0.3) is 0 Å². The first-order chi connectivity index (χ1) is 8.33. The van der Waals surface area contributed by atoms with Gasteiger partial charge in [0.25, 0.3) is 0 Å². The highest BCUT2D eigenvalue weighted by Gasteiger charge is 2.27. The van der Waals surface area contributed by atoms with E-state index in [0.717, 1.165) is 43.9 Å². The summed E-state index contributed by atoms with van der Waals surface area (Å²) in [7, 11) is 0. The fourth-order valence-corrected chi connectivity index (χ4v) is 2.72. The highest BCUT2D eigenvalue weighted by molar-refractivity contribution is 5.85. The molecule has 1 aromatic rings. The highest BCUT2D eigenvalue weighted by Crippen LogP contribution is 2.38. The van der Waals surface area contributed by atoms with Crippen molar-refractivity contribution in [1.29, 1.82) is 0 Å². The molecule has 0 spiro atoms. The van der Waals surface area contributed by atoms with Gasteiger partial charge in [0, 0.05) is 31.6 Å². The number of oxazole rings is 1. The minimum atomic E-state index is 0. The summed E-state index contributed by atoms with van der Waals surface area (Å²) in [5.41, 5.74) is 7.08. The van der Waals surface area contributed by atoms with Crippen LogP contribution in [-0.2, 0) is 6.54 Å². The molecule has 2 aliphatic rings. The second-order valence-corrected chi connectivity index (χ2v) is 5.40. The number of nitrogens with two attached hydrogens (primary N) is 1. The smallest absolute Gasteiger partial charge is 0.181 e. The summed E-state index contributed by atoms with van der Waals surface area (Å²) in [6, 6.07) is 0.398. The van der Waals surface area contributed by atoms with Gasteiger partial charge >= 0.3 is 0 Å². The SMILES string of the molecule is Cl.Cl.NC1CCN(Cc2ncoc2C2CCC2)CC1. The molecule has 110 valence electrons. The number of rotatable bonds is 3. The summed E-state index contributed by atoms with van der Waals surface area (Å²) < 4.78 is 5.57. The lowest BCUT2D eigenvalue weighted by Gasteiger charge is -2.30. The van der Waals surface area contributed by atoms with E-state index in [-0.39, 0.29) is 24.8 Å². The zero-order chi connectivity index (χ0) is 11.7. The lowest BCUT2D eigenvalue weighted by Crippen LogP contribution is -2.39. The van der Waals surface area contributed by atoms with Gasteiger partial charge in [-0.2, -0.15) is 0 Å². The van der Waals surface area contributed by atoms with E-state index >= 15 is 0 Å². The van der Waals surface area contributed by atoms with Gasteiger partial charge in [0.1, 0.15) is 5.76 Å². The first-order valence-electron chi connectivity index (χ1n) is 6.73. The number of nitrogens with zero attached hydrogens (tertiary/aromatic N) is 2. The van der Waals surface area contributed by atoms with E-state index in [2.05, 4.69) is 9.88 Å². The van der Waals surface area contributed by atoms with Crippen molar-refractivity contribution in [2.75, 3.05) is 13.1 Å². The van der Waals surface area contributed by atoms with Crippen molar-refractivity contribution in [3.05, 3.63) is 17.8 Å². The molecule has 1 aliphatic heterocycles. The van der Waals surface area contributed by atoms with Gasteiger partial charge < -0.3 is 10.2 Å². The molecule has 2 N–H and O–H groups in total. The lowest BCUT2D eigenvalue weighted by atomic mass is 9.83. The molecule has 0 aromatic carbocycles. The van der Waals surface area contributed by atoms with Crippen LogP contribution < -0.4 is 5.73 Å². The van der Waals surface area contributed by atoms with Crippen molar-refractivity contribution in [3.63, 3.8) is 0 Å². The molecule has 1 aromatic heterocycles. The summed E-state index contributed by atoms with van der Waals surface area (Å²) in [5, 5.41) is 0. The van der Waals surface area contributed by atoms with Crippen molar-refractivity contribution >= 4 is 24.8 Å². The average Bonchev–Trinajstić information content (AvgIpc) is 2.68. The summed E-state index contributed by atoms with van der Waals surface area (Å²) in [6.07, 6.45) is 7.70. The van der Waals surface area contributed by atoms with Crippen molar-refractivity contribution in [1.82, 2.24) is 9.88 Å². The molecule has 0 amide bonds. The molecule has 0 atom stereocenters. The largest absolute Gasteiger partial charge is 0.448 e. The maximum absolute atomic E-state index is 5.92. The first-order valence-corrected chi connectivity index (χ1v) is 6.73. The second-order valence-electron chi connectivity index (χ2n) is 5.40. The van der Waals surface area contributed by atoms with Gasteiger partial charge in [-0.15, -0.1) is 24.8 Å². The number of hydrogen-bond donors (Lipinski definition) is 1. The van der Waals surface area contributed by atoms with Crippen LogP contribution in [0.1, 0.15) is 49.5 Å². The second kappa shape index (κ2) is 7.48. The van der Waals surface area contributed by atoms with Crippen LogP contribution in [0.2, 0.25) is 0 Å². The van der Waals surface area contributed by atoms with Crippen LogP contribution in [0.5, 0.6) is 0 Å². The molecule has 3 rings (SSSR count). The molecular formula is C13H23Cl2N3O. The molecule has 6 heteroatoms. The normalized spacial score (nSPS) is 21.3. The van der Waals surface area contributed by atoms with Gasteiger partial charge in [-0.25, -0.2) is 4.98 Å². The van der Waals surface area contributed by atoms with Crippen LogP contribution >= 0.6 is 24.8 Å². The van der Waals surface area contributed by atoms with Crippen molar-refractivity contribution in [3.8, 4) is 0 Å². The first kappa shape index (κ1) is 16.8. The Morgan fingerprint density at radius 1 is 1.21 bits per heavy atom. The van der Waals surface area contributed by atoms with Gasteiger partial charge in [0.15, 0.2) is 6.39 Å². The molecule has 2 fully saturated rings. The Bertz CT molecular complexity index is 374. The monoisotopic (exact) mass is 307 g/mol. The van der Waals surface area contributed by atoms with E-state index in [1.165, 1.54) is 19.3 Å². The number of likely N-dealkylation sites (tertiary alicyclic amines) is 1. The van der Waals surface area contributed by atoms with Crippen molar-refractivity contribution in [2.24, 2.45) is 5.73 Å². The van der Waals surface area contributed by atoms with E-state index in [1.807, 2.05) is 0 Å². The van der Waals surface area contributed by atoms with Crippen LogP contribution in [0.4, 0.5) is 0 Å². The van der Waals surface area contributed by atoms with E-state index < -0.39 is 0 Å². The molecule has 1 saturated carbocycles. The summed E-state index contributed by atoms with van der Waals surface area (Å²) in [6.45, 7) is 3.13. The van der Waals surface area contributed by atoms with Gasteiger partial charge in [-0.05, 0) is 25.7 Å². The Hall–Kier alpha value is -0.290. The van der Waals surface area contributed by atoms with Crippen molar-refractivity contribution in [2.45, 2.75) is 50.6 Å². The minimum absolute atomic E-state index is 0. The zero-order valence-corrected chi connectivity index (χ0v) is 12.7. The van der Waals surface area contributed by atoms with E-state index in [9.17, 15) is 0 Å². The molecule has 0 unspecified atom stereocenters. The molecule has 2 heterocycles. The Morgan fingerprint density at radius 3 is 2.47 bits per heavy atom. The molecule has 19 heavy (non-hydrogen) atoms. The van der Waals surface area contributed by atoms with Gasteiger partial charge in [0.05, 0.1) is 5.69 Å². The third-order valence-corrected chi connectivity index (χ3v) is 4.15. The maximum atomic E-state index is 5.92. The molecular weight excluding hydrogens is 285 g/mol. The number of piperidine rings is 1. The standard InChI is InChI=1S/C13H21N3O.2ClH/c14-11-4-6-16(7-5-11)8-12-13(17-9-15-12)10-2-1-3-10;;/h9-11H,1-8,14H2;2*1H. The molecule has 1 aliphatic carbocycles. The van der Waals surface area contributed by atoms with Crippen LogP contribution in [0.3, 0.4) is 0 Å². The van der Waals surface area contributed by atoms with Gasteiger partial charge in [-0.1, -0.05) is 6.42 Å². The Labute approximate surface area is 126 Å². The fraction of sp³-hybridized carbons (Fsp3) is 0.769. The van der Waals surface area contributed by atoms with E-state index in [1.54, 1.807) is 6.39 Å². The molecule has 0 radical (unpaired) electrons. The van der Waals surface area contributed by atoms with E-state index in [0.29, 0.717) is 12.0 Å². The summed E-state index contributed by atoms with van der Waals surface area (Å²) >= 11 is 0. The topological polar surface area (TPSA) is 55.3 Å². The molecule has 0 bridgehead atoms. The lowest BCUT2D eigenvalue weighted by molar-refractivity contribution is 0.201. The molecule has 1 saturated heterocycles. The number of aromatic nitrogens is 1. The average molecular weight is 308 g/mol. The summed E-state index contributed by atoms with van der Waals surface area (Å²) in [4.78, 5) is 6.84. The predicted octanol–water partition coefficient (Wildman–Crippen LogP) is 2.71. The van der Waals surface area contributed by atoms with Gasteiger partial charge in [0.2, 0.25) is 0 Å². The number of halogens is 2. The van der Waals surface area contributed by atoms with Crippen LogP contribution in [0.15, 0.2) is 10.8 Å². The Kier molecular flexibility index (Phi) is 6.60. The fourth-order valence-electron chi connectivity index (χ4n) is 2.72. The summed E-state index contributed by atoms with van der Waals surface area (Å²) in [5.74, 6) is 1.78. The van der Waals surface area contributed by atoms with Crippen LogP contribution in [0, 0.1) is 0 Å². The van der Waals surface area contributed by atoms with Crippen LogP contribution in [-0.4, -0.2) is 29.0 Å². The zero-order valence-electron chi connectivity index (χ0n) is 11.1. The van der Waals surface area contributed by atoms with Crippen molar-refractivity contribution < 1.29 is 4.42 Å². The highest BCUT2D eigenvalue weighted by atomic mass is 35.5. The maximum Gasteiger partial charge on any atom is 0.181 e. The minimum Gasteiger partial charge on any atom is -0.448 e. The quantitative estimate of drug-likeness (QED) is 0.933. The Balaban J connectivity index is 0.000000902.